The molecule has 0 unspecified atom stereocenters. The first kappa shape index (κ1) is 26.3. The van der Waals surface area contributed by atoms with E-state index in [0.29, 0.717) is 32.5 Å². The summed E-state index contributed by atoms with van der Waals surface area (Å²) in [6, 6.07) is 11.5. The minimum Gasteiger partial charge on any atom is -0.458 e. The fraction of sp³-hybridized carbons (Fsp3) is 0.192. The van der Waals surface area contributed by atoms with Gasteiger partial charge >= 0.3 is 5.97 Å². The van der Waals surface area contributed by atoms with E-state index in [0.717, 1.165) is 12.1 Å². The molecular weight excluding hydrogens is 522 g/mol. The van der Waals surface area contributed by atoms with E-state index < -0.39 is 28.5 Å². The van der Waals surface area contributed by atoms with Gasteiger partial charge in [0.25, 0.3) is 5.91 Å². The minimum atomic E-state index is -0.967. The van der Waals surface area contributed by atoms with Crippen molar-refractivity contribution < 1.29 is 23.1 Å². The number of hydrogen-bond acceptors (Lipinski definition) is 7. The van der Waals surface area contributed by atoms with Crippen molar-refractivity contribution in [1.29, 1.82) is 0 Å². The number of esters is 1. The van der Waals surface area contributed by atoms with Crippen LogP contribution in [0.5, 0.6) is 0 Å². The van der Waals surface area contributed by atoms with Crippen molar-refractivity contribution in [3.05, 3.63) is 82.2 Å². The van der Waals surface area contributed by atoms with Gasteiger partial charge in [-0.3, -0.25) is 9.59 Å². The van der Waals surface area contributed by atoms with Crippen molar-refractivity contribution in [2.24, 2.45) is 5.41 Å². The number of nitrogens with one attached hydrogen (secondary N) is 1. The summed E-state index contributed by atoms with van der Waals surface area (Å²) in [4.78, 5) is 38.3. The number of thiazole rings is 1. The lowest BCUT2D eigenvalue weighted by molar-refractivity contribution is -0.154. The zero-order valence-corrected chi connectivity index (χ0v) is 21.6. The van der Waals surface area contributed by atoms with Gasteiger partial charge in [-0.05, 0) is 62.7 Å². The first-order valence-corrected chi connectivity index (χ1v) is 12.2. The zero-order chi connectivity index (χ0) is 26.7. The van der Waals surface area contributed by atoms with Crippen LogP contribution in [0.25, 0.3) is 21.8 Å². The molecule has 2 aromatic heterocycles. The van der Waals surface area contributed by atoms with E-state index in [9.17, 15) is 18.4 Å². The minimum absolute atomic E-state index is 0.0461. The van der Waals surface area contributed by atoms with Crippen molar-refractivity contribution in [3.63, 3.8) is 0 Å². The number of benzene rings is 2. The molecule has 2 aromatic carbocycles. The smallest absolute Gasteiger partial charge is 0.311 e. The van der Waals surface area contributed by atoms with Crippen LogP contribution in [0.3, 0.4) is 0 Å². The predicted molar refractivity (Wildman–Crippen MR) is 137 cm³/mol. The number of halogens is 3. The van der Waals surface area contributed by atoms with Gasteiger partial charge in [0, 0.05) is 17.4 Å². The summed E-state index contributed by atoms with van der Waals surface area (Å²) in [5.41, 5.74) is 0.527. The number of nitrogens with zero attached hydrogens (tertiary/aromatic N) is 3. The van der Waals surface area contributed by atoms with Crippen LogP contribution < -0.4 is 5.32 Å². The molecular formula is C26H21ClF2N4O3S. The Morgan fingerprint density at radius 2 is 1.76 bits per heavy atom. The maximum Gasteiger partial charge on any atom is 0.311 e. The highest BCUT2D eigenvalue weighted by Gasteiger charge is 2.24. The summed E-state index contributed by atoms with van der Waals surface area (Å²) in [5.74, 6) is -3.24. The lowest BCUT2D eigenvalue weighted by atomic mass is 9.97. The molecule has 0 fully saturated rings. The summed E-state index contributed by atoms with van der Waals surface area (Å²) in [5, 5.41) is 3.08. The lowest BCUT2D eigenvalue weighted by Gasteiger charge is -2.15. The van der Waals surface area contributed by atoms with E-state index >= 15 is 0 Å². The summed E-state index contributed by atoms with van der Waals surface area (Å²) in [6.07, 6.45) is 1.51. The number of anilines is 1. The normalized spacial score (nSPS) is 11.3. The monoisotopic (exact) mass is 542 g/mol. The van der Waals surface area contributed by atoms with E-state index in [1.165, 1.54) is 23.6 Å². The van der Waals surface area contributed by atoms with Crippen molar-refractivity contribution in [3.8, 4) is 21.8 Å². The zero-order valence-electron chi connectivity index (χ0n) is 20.0. The molecule has 37 heavy (non-hydrogen) atoms. The van der Waals surface area contributed by atoms with Gasteiger partial charge in [-0.2, -0.15) is 0 Å². The molecule has 0 atom stereocenters. The number of carbonyl (C=O) groups is 2. The summed E-state index contributed by atoms with van der Waals surface area (Å²) in [6.45, 7) is 5.22. The van der Waals surface area contributed by atoms with Gasteiger partial charge in [-0.15, -0.1) is 11.3 Å². The van der Waals surface area contributed by atoms with E-state index in [4.69, 9.17) is 16.3 Å². The second-order valence-electron chi connectivity index (χ2n) is 8.95. The Labute approximate surface area is 220 Å². The van der Waals surface area contributed by atoms with Crippen LogP contribution in [0.1, 0.15) is 36.1 Å². The Kier molecular flexibility index (Phi) is 7.60. The number of hydrogen-bond donors (Lipinski definition) is 1. The van der Waals surface area contributed by atoms with Crippen LogP contribution in [0, 0.1) is 17.0 Å². The van der Waals surface area contributed by atoms with E-state index in [1.54, 1.807) is 51.1 Å². The lowest BCUT2D eigenvalue weighted by Crippen LogP contribution is -2.22. The van der Waals surface area contributed by atoms with Crippen LogP contribution >= 0.6 is 22.9 Å². The number of amides is 1. The molecule has 0 spiro atoms. The Balaban J connectivity index is 1.69. The Morgan fingerprint density at radius 3 is 2.43 bits per heavy atom. The van der Waals surface area contributed by atoms with Gasteiger partial charge in [0.1, 0.15) is 28.8 Å². The third kappa shape index (κ3) is 6.15. The van der Waals surface area contributed by atoms with Gasteiger partial charge in [0.05, 0.1) is 21.7 Å². The van der Waals surface area contributed by atoms with Gasteiger partial charge in [0.15, 0.2) is 0 Å². The fourth-order valence-electron chi connectivity index (χ4n) is 3.25. The van der Waals surface area contributed by atoms with E-state index in [-0.39, 0.29) is 17.9 Å². The Morgan fingerprint density at radius 1 is 1.05 bits per heavy atom. The third-order valence-electron chi connectivity index (χ3n) is 5.05. The molecule has 0 radical (unpaired) electrons. The highest BCUT2D eigenvalue weighted by molar-refractivity contribution is 7.15. The van der Waals surface area contributed by atoms with Gasteiger partial charge in [-0.1, -0.05) is 18.2 Å². The van der Waals surface area contributed by atoms with Crippen LogP contribution in [0.4, 0.5) is 14.5 Å². The number of ether oxygens (including phenoxy) is 1. The Bertz CT molecular complexity index is 1470. The molecule has 0 bridgehead atoms. The average Bonchev–Trinajstić information content (AvgIpc) is 3.26. The number of carbonyl (C=O) groups excluding carboxylic acids is 2. The number of aromatic nitrogens is 3. The highest BCUT2D eigenvalue weighted by Crippen LogP contribution is 2.37. The Hall–Kier alpha value is -3.76. The predicted octanol–water partition coefficient (Wildman–Crippen LogP) is 6.54. The summed E-state index contributed by atoms with van der Waals surface area (Å²) in [7, 11) is 0. The molecule has 4 aromatic rings. The molecule has 0 aliphatic rings. The quantitative estimate of drug-likeness (QED) is 0.219. The molecule has 4 rings (SSSR count). The van der Waals surface area contributed by atoms with Gasteiger partial charge < -0.3 is 10.1 Å². The molecule has 2 heterocycles. The van der Waals surface area contributed by atoms with Crippen LogP contribution in [0.15, 0.2) is 54.7 Å². The maximum absolute atomic E-state index is 14.1. The molecule has 190 valence electrons. The van der Waals surface area contributed by atoms with E-state index in [2.05, 4.69) is 20.3 Å². The van der Waals surface area contributed by atoms with Crippen LogP contribution in [-0.4, -0.2) is 26.8 Å². The van der Waals surface area contributed by atoms with Crippen molar-refractivity contribution >= 4 is 40.5 Å². The summed E-state index contributed by atoms with van der Waals surface area (Å²) >= 11 is 7.27. The molecule has 0 aliphatic heterocycles. The highest BCUT2D eigenvalue weighted by atomic mass is 35.5. The van der Waals surface area contributed by atoms with Gasteiger partial charge in [0.2, 0.25) is 5.28 Å². The first-order chi connectivity index (χ1) is 17.5. The molecule has 0 saturated heterocycles. The largest absolute Gasteiger partial charge is 0.458 e. The molecule has 1 N–H and O–H groups in total. The molecule has 0 aliphatic carbocycles. The summed E-state index contributed by atoms with van der Waals surface area (Å²) < 4.78 is 33.5. The standard InChI is InChI=1S/C26H21ClF2N4O3S/c1-26(2,3)24(35)36-13-19-33-21(22(37-19)18-10-11-30-25(27)32-18)14-6-4-7-15(12-14)31-23(34)20-16(28)8-5-9-17(20)29/h4-12H,13H2,1-3H3,(H,31,34). The van der Waals surface area contributed by atoms with Crippen LogP contribution in [0.2, 0.25) is 5.28 Å². The second-order valence-corrected chi connectivity index (χ2v) is 10.4. The van der Waals surface area contributed by atoms with Gasteiger partial charge in [-0.25, -0.2) is 23.7 Å². The second kappa shape index (κ2) is 10.7. The average molecular weight is 543 g/mol. The third-order valence-corrected chi connectivity index (χ3v) is 6.29. The van der Waals surface area contributed by atoms with Crippen LogP contribution in [-0.2, 0) is 16.1 Å². The fourth-order valence-corrected chi connectivity index (χ4v) is 4.37. The van der Waals surface area contributed by atoms with Crippen molar-refractivity contribution in [1.82, 2.24) is 15.0 Å². The topological polar surface area (TPSA) is 94.1 Å². The first-order valence-electron chi connectivity index (χ1n) is 11.0. The number of rotatable bonds is 6. The van der Waals surface area contributed by atoms with E-state index in [1.807, 2.05) is 0 Å². The van der Waals surface area contributed by atoms with Crippen molar-refractivity contribution in [2.75, 3.05) is 5.32 Å². The molecule has 11 heteroatoms. The molecule has 0 saturated carbocycles. The molecule has 7 nitrogen and oxygen atoms in total. The SMILES string of the molecule is CC(C)(C)C(=O)OCc1nc(-c2cccc(NC(=O)c3c(F)cccc3F)c2)c(-c2ccnc(Cl)n2)s1. The molecule has 1 amide bonds. The van der Waals surface area contributed by atoms with Crippen molar-refractivity contribution in [2.45, 2.75) is 27.4 Å². The maximum atomic E-state index is 14.1.